The third-order valence-electron chi connectivity index (χ3n) is 8.00. The molecule has 1 aromatic rings. The van der Waals surface area contributed by atoms with Crippen molar-refractivity contribution in [3.05, 3.63) is 33.8 Å². The van der Waals surface area contributed by atoms with Crippen molar-refractivity contribution < 1.29 is 33.6 Å². The number of halogens is 2. The normalized spacial score (nSPS) is 22.9. The molecule has 3 rings (SSSR count). The third-order valence-corrected chi connectivity index (χ3v) is 9.57. The van der Waals surface area contributed by atoms with E-state index in [2.05, 4.69) is 0 Å². The Balaban J connectivity index is 1.67. The van der Waals surface area contributed by atoms with E-state index in [1.807, 2.05) is 0 Å². The van der Waals surface area contributed by atoms with Crippen LogP contribution in [0.2, 0.25) is 10.0 Å². The van der Waals surface area contributed by atoms with Gasteiger partial charge in [-0.15, -0.1) is 0 Å². The standard InChI is InChI=1S/C28H40Cl2NO7P/c1-18(23-12-13-24(29)25(30)16-23)31(26(32)14-11-20-7-6-8-21(15-20)17-39(35)36)28(34)38-19(2)37-27(33)22-9-4-3-5-10-22/h12-13,16,18-22,26,32H,3-11,14-15,17H2,1-2H3/p+1/t18-,19?,20?,21?,26?/m0/s1. The zero-order valence-corrected chi connectivity index (χ0v) is 25.2. The Bertz CT molecular complexity index is 991. The molecule has 0 saturated heterocycles. The van der Waals surface area contributed by atoms with Gasteiger partial charge in [-0.3, -0.25) is 9.69 Å². The van der Waals surface area contributed by atoms with E-state index in [1.165, 1.54) is 11.8 Å². The summed E-state index contributed by atoms with van der Waals surface area (Å²) in [4.78, 5) is 36.5. The van der Waals surface area contributed by atoms with Crippen molar-refractivity contribution in [3.8, 4) is 0 Å². The number of carbonyl (C=O) groups is 2. The molecule has 2 saturated carbocycles. The van der Waals surface area contributed by atoms with Crippen LogP contribution in [0.1, 0.15) is 96.1 Å². The van der Waals surface area contributed by atoms with Gasteiger partial charge in [0.2, 0.25) is 6.29 Å². The number of aliphatic hydroxyl groups excluding tert-OH is 1. The minimum absolute atomic E-state index is 0.181. The summed E-state index contributed by atoms with van der Waals surface area (Å²) in [6.45, 7) is 3.26. The summed E-state index contributed by atoms with van der Waals surface area (Å²) in [5.41, 5.74) is 0.664. The van der Waals surface area contributed by atoms with Gasteiger partial charge in [0.05, 0.1) is 22.0 Å². The number of ether oxygens (including phenoxy) is 2. The van der Waals surface area contributed by atoms with Gasteiger partial charge in [-0.05, 0) is 73.6 Å². The Labute approximate surface area is 242 Å². The van der Waals surface area contributed by atoms with Crippen LogP contribution in [0.4, 0.5) is 4.79 Å². The summed E-state index contributed by atoms with van der Waals surface area (Å²) < 4.78 is 22.2. The van der Waals surface area contributed by atoms with Crippen LogP contribution in [0, 0.1) is 17.8 Å². The molecule has 5 unspecified atom stereocenters. The van der Waals surface area contributed by atoms with Crippen molar-refractivity contribution in [2.45, 2.75) is 103 Å². The highest BCUT2D eigenvalue weighted by atomic mass is 35.5. The van der Waals surface area contributed by atoms with Gasteiger partial charge in [-0.1, -0.05) is 61.4 Å². The second-order valence-electron chi connectivity index (χ2n) is 11.0. The molecule has 2 aliphatic rings. The number of nitrogens with zero attached hydrogens (tertiary/aromatic N) is 1. The van der Waals surface area contributed by atoms with Crippen molar-refractivity contribution in [1.82, 2.24) is 4.90 Å². The summed E-state index contributed by atoms with van der Waals surface area (Å²) in [6.07, 6.45) is 6.52. The zero-order chi connectivity index (χ0) is 28.5. The number of amides is 1. The molecule has 6 atom stereocenters. The molecule has 0 radical (unpaired) electrons. The smallest absolute Gasteiger partial charge is 0.425 e. The molecule has 1 aromatic carbocycles. The lowest BCUT2D eigenvalue weighted by atomic mass is 9.80. The van der Waals surface area contributed by atoms with Crippen LogP contribution >= 0.6 is 31.2 Å². The highest BCUT2D eigenvalue weighted by Crippen LogP contribution is 2.37. The average Bonchev–Trinajstić information content (AvgIpc) is 2.89. The highest BCUT2D eigenvalue weighted by Gasteiger charge is 2.34. The van der Waals surface area contributed by atoms with Gasteiger partial charge in [0.15, 0.2) is 6.16 Å². The number of hydrogen-bond donors (Lipinski definition) is 2. The van der Waals surface area contributed by atoms with Crippen LogP contribution in [0.15, 0.2) is 18.2 Å². The van der Waals surface area contributed by atoms with Gasteiger partial charge in [0, 0.05) is 12.8 Å². The minimum atomic E-state index is -2.17. The van der Waals surface area contributed by atoms with Crippen LogP contribution in [0.5, 0.6) is 0 Å². The van der Waals surface area contributed by atoms with E-state index in [4.69, 9.17) is 32.7 Å². The van der Waals surface area contributed by atoms with Gasteiger partial charge >= 0.3 is 20.1 Å². The SMILES string of the molecule is CC(OC(=O)C1CCCCC1)OC(=O)N(C(O)CCC1CCCC(C[P+](=O)O)C1)[C@@H](C)c1ccc(Cl)c(Cl)c1. The van der Waals surface area contributed by atoms with E-state index < -0.39 is 32.7 Å². The topological polar surface area (TPSA) is 113 Å². The number of aliphatic hydroxyl groups is 1. The van der Waals surface area contributed by atoms with Gasteiger partial charge in [-0.2, -0.15) is 4.89 Å². The quantitative estimate of drug-likeness (QED) is 0.152. The van der Waals surface area contributed by atoms with Crippen molar-refractivity contribution in [3.63, 3.8) is 0 Å². The van der Waals surface area contributed by atoms with Gasteiger partial charge < -0.3 is 14.6 Å². The monoisotopic (exact) mass is 604 g/mol. The van der Waals surface area contributed by atoms with Crippen LogP contribution in [-0.2, 0) is 18.8 Å². The lowest BCUT2D eigenvalue weighted by molar-refractivity contribution is -0.174. The van der Waals surface area contributed by atoms with Crippen molar-refractivity contribution in [2.75, 3.05) is 6.16 Å². The molecule has 2 N–H and O–H groups in total. The molecule has 0 aliphatic heterocycles. The van der Waals surface area contributed by atoms with Gasteiger partial charge in [0.1, 0.15) is 6.23 Å². The van der Waals surface area contributed by atoms with E-state index in [0.29, 0.717) is 40.5 Å². The van der Waals surface area contributed by atoms with Crippen molar-refractivity contribution in [2.24, 2.45) is 17.8 Å². The summed E-state index contributed by atoms with van der Waals surface area (Å²) in [5, 5.41) is 12.0. The molecule has 0 spiro atoms. The number of rotatable bonds is 11. The molecule has 0 heterocycles. The maximum atomic E-state index is 13.4. The Kier molecular flexibility index (Phi) is 12.8. The molecule has 39 heavy (non-hydrogen) atoms. The largest absolute Gasteiger partial charge is 0.505 e. The number of esters is 1. The lowest BCUT2D eigenvalue weighted by Gasteiger charge is -2.35. The molecule has 218 valence electrons. The molecule has 11 heteroatoms. The molecular formula is C28H41Cl2NO7P+. The van der Waals surface area contributed by atoms with Crippen LogP contribution < -0.4 is 0 Å². The van der Waals surface area contributed by atoms with E-state index in [-0.39, 0.29) is 17.8 Å². The fourth-order valence-electron chi connectivity index (χ4n) is 5.87. The predicted molar refractivity (Wildman–Crippen MR) is 151 cm³/mol. The van der Waals surface area contributed by atoms with Gasteiger partial charge in [-0.25, -0.2) is 4.79 Å². The number of hydrogen-bond acceptors (Lipinski definition) is 6. The predicted octanol–water partition coefficient (Wildman–Crippen LogP) is 7.60. The van der Waals surface area contributed by atoms with E-state index in [0.717, 1.165) is 57.8 Å². The second-order valence-corrected chi connectivity index (χ2v) is 12.9. The van der Waals surface area contributed by atoms with Gasteiger partial charge in [0.25, 0.3) is 0 Å². The molecule has 2 fully saturated rings. The first-order chi connectivity index (χ1) is 18.5. The lowest BCUT2D eigenvalue weighted by Crippen LogP contribution is -2.44. The fourth-order valence-corrected chi connectivity index (χ4v) is 6.95. The summed E-state index contributed by atoms with van der Waals surface area (Å²) in [7, 11) is -2.17. The van der Waals surface area contributed by atoms with E-state index in [1.54, 1.807) is 25.1 Å². The molecule has 0 aromatic heterocycles. The fraction of sp³-hybridized carbons (Fsp3) is 0.714. The summed E-state index contributed by atoms with van der Waals surface area (Å²) in [6, 6.07) is 4.41. The zero-order valence-electron chi connectivity index (χ0n) is 22.8. The van der Waals surface area contributed by atoms with Crippen LogP contribution in [-0.4, -0.2) is 45.6 Å². The average molecular weight is 606 g/mol. The Morgan fingerprint density at radius 3 is 2.38 bits per heavy atom. The Morgan fingerprint density at radius 1 is 1.03 bits per heavy atom. The first-order valence-corrected chi connectivity index (χ1v) is 16.2. The van der Waals surface area contributed by atoms with Crippen LogP contribution in [0.3, 0.4) is 0 Å². The van der Waals surface area contributed by atoms with E-state index >= 15 is 0 Å². The first-order valence-electron chi connectivity index (χ1n) is 14.0. The van der Waals surface area contributed by atoms with Crippen molar-refractivity contribution in [1.29, 1.82) is 0 Å². The number of benzene rings is 1. The first kappa shape index (κ1) is 32.1. The molecule has 2 aliphatic carbocycles. The number of carbonyl (C=O) groups excluding carboxylic acids is 2. The maximum absolute atomic E-state index is 13.4. The van der Waals surface area contributed by atoms with E-state index in [9.17, 15) is 24.2 Å². The third kappa shape index (κ3) is 9.86. The second kappa shape index (κ2) is 15.5. The van der Waals surface area contributed by atoms with Crippen molar-refractivity contribution >= 4 is 43.3 Å². The Hall–Kier alpha value is -1.44. The van der Waals surface area contributed by atoms with Crippen LogP contribution in [0.25, 0.3) is 0 Å². The highest BCUT2D eigenvalue weighted by molar-refractivity contribution is 7.38. The Morgan fingerprint density at radius 2 is 1.72 bits per heavy atom. The minimum Gasteiger partial charge on any atom is -0.425 e. The summed E-state index contributed by atoms with van der Waals surface area (Å²) in [5.74, 6) is -0.0524. The molecule has 1 amide bonds. The molecule has 8 nitrogen and oxygen atoms in total. The maximum Gasteiger partial charge on any atom is 0.505 e. The molecule has 0 bridgehead atoms. The summed E-state index contributed by atoms with van der Waals surface area (Å²) >= 11 is 12.3. The molecular weight excluding hydrogens is 564 g/mol.